The van der Waals surface area contributed by atoms with E-state index in [1.807, 2.05) is 0 Å². The van der Waals surface area contributed by atoms with Crippen molar-refractivity contribution in [3.05, 3.63) is 48.7 Å². The molecule has 0 spiro atoms. The molecule has 1 rings (SSSR count). The van der Waals surface area contributed by atoms with Gasteiger partial charge in [0.15, 0.2) is 0 Å². The van der Waals surface area contributed by atoms with Crippen LogP contribution in [0.15, 0.2) is 48.7 Å². The highest BCUT2D eigenvalue weighted by Gasteiger charge is 2.12. The molecule has 0 radical (unpaired) electrons. The molecule has 1 nitrogen and oxygen atoms in total. The average molecular weight is 203 g/mol. The molecular formula is C14H21N. The summed E-state index contributed by atoms with van der Waals surface area (Å²) in [6.07, 6.45) is 12.3. The molecule has 0 bridgehead atoms. The van der Waals surface area contributed by atoms with E-state index in [1.165, 1.54) is 24.8 Å². The lowest BCUT2D eigenvalue weighted by molar-refractivity contribution is 0.376. The fraction of sp³-hybridized carbons (Fsp3) is 0.429. The van der Waals surface area contributed by atoms with Crippen molar-refractivity contribution in [2.24, 2.45) is 0 Å². The standard InChI is InChI=1S/C14H21N/c1-5-12(2)15(4)13(3)14-10-8-6-7-9-11-14/h5,8,10-11,13H,1-2,6-7,9H2,3-4H3. The Hall–Kier alpha value is -1.24. The minimum atomic E-state index is 0.379. The monoisotopic (exact) mass is 203 g/mol. The van der Waals surface area contributed by atoms with Crippen LogP contribution < -0.4 is 0 Å². The maximum atomic E-state index is 3.97. The minimum Gasteiger partial charge on any atom is -0.368 e. The zero-order valence-electron chi connectivity index (χ0n) is 9.87. The second kappa shape index (κ2) is 5.59. The summed E-state index contributed by atoms with van der Waals surface area (Å²) >= 11 is 0. The van der Waals surface area contributed by atoms with Crippen molar-refractivity contribution in [3.8, 4) is 0 Å². The smallest absolute Gasteiger partial charge is 0.0507 e. The van der Waals surface area contributed by atoms with Gasteiger partial charge in [0.1, 0.15) is 0 Å². The number of likely N-dealkylation sites (N-methyl/N-ethyl adjacent to an activating group) is 1. The molecule has 1 aliphatic carbocycles. The number of allylic oxidation sites excluding steroid dienone is 3. The van der Waals surface area contributed by atoms with E-state index in [0.717, 1.165) is 5.70 Å². The lowest BCUT2D eigenvalue weighted by Gasteiger charge is -2.28. The summed E-state index contributed by atoms with van der Waals surface area (Å²) in [6.45, 7) is 9.92. The van der Waals surface area contributed by atoms with Gasteiger partial charge in [0.25, 0.3) is 0 Å². The van der Waals surface area contributed by atoms with Crippen LogP contribution in [0.5, 0.6) is 0 Å². The molecule has 0 amide bonds. The van der Waals surface area contributed by atoms with Crippen LogP contribution in [0, 0.1) is 0 Å². The topological polar surface area (TPSA) is 3.24 Å². The zero-order valence-corrected chi connectivity index (χ0v) is 9.87. The Bertz CT molecular complexity index is 296. The molecule has 15 heavy (non-hydrogen) atoms. The molecule has 0 aliphatic heterocycles. The van der Waals surface area contributed by atoms with Crippen LogP contribution in [0.25, 0.3) is 0 Å². The third kappa shape index (κ3) is 3.12. The first-order chi connectivity index (χ1) is 7.16. The maximum Gasteiger partial charge on any atom is 0.0507 e. The largest absolute Gasteiger partial charge is 0.368 e. The van der Waals surface area contributed by atoms with Gasteiger partial charge in [-0.3, -0.25) is 0 Å². The van der Waals surface area contributed by atoms with Gasteiger partial charge in [0.2, 0.25) is 0 Å². The summed E-state index contributed by atoms with van der Waals surface area (Å²) in [6, 6.07) is 0.379. The van der Waals surface area contributed by atoms with Gasteiger partial charge in [0, 0.05) is 12.7 Å². The van der Waals surface area contributed by atoms with E-state index in [1.54, 1.807) is 6.08 Å². The third-order valence-corrected chi connectivity index (χ3v) is 3.02. The Labute approximate surface area is 93.5 Å². The summed E-state index contributed by atoms with van der Waals surface area (Å²) < 4.78 is 0. The Morgan fingerprint density at radius 2 is 2.27 bits per heavy atom. The van der Waals surface area contributed by atoms with Gasteiger partial charge in [-0.1, -0.05) is 31.4 Å². The predicted octanol–water partition coefficient (Wildman–Crippen LogP) is 3.67. The van der Waals surface area contributed by atoms with Crippen LogP contribution in [0.3, 0.4) is 0 Å². The van der Waals surface area contributed by atoms with Gasteiger partial charge in [-0.2, -0.15) is 0 Å². The average Bonchev–Trinajstić information content (AvgIpc) is 2.54. The molecule has 0 aromatic carbocycles. The first kappa shape index (κ1) is 11.8. The van der Waals surface area contributed by atoms with E-state index in [2.05, 4.69) is 50.3 Å². The van der Waals surface area contributed by atoms with Crippen molar-refractivity contribution in [1.82, 2.24) is 4.90 Å². The van der Waals surface area contributed by atoms with Crippen molar-refractivity contribution in [2.75, 3.05) is 7.05 Å². The van der Waals surface area contributed by atoms with Gasteiger partial charge >= 0.3 is 0 Å². The highest BCUT2D eigenvalue weighted by atomic mass is 15.1. The van der Waals surface area contributed by atoms with Crippen LogP contribution in [0.1, 0.15) is 26.2 Å². The van der Waals surface area contributed by atoms with Gasteiger partial charge in [-0.15, -0.1) is 0 Å². The quantitative estimate of drug-likeness (QED) is 0.630. The molecule has 82 valence electrons. The minimum absolute atomic E-state index is 0.379. The first-order valence-corrected chi connectivity index (χ1v) is 5.57. The van der Waals surface area contributed by atoms with Crippen LogP contribution >= 0.6 is 0 Å². The first-order valence-electron chi connectivity index (χ1n) is 5.57. The molecule has 0 saturated carbocycles. The molecule has 1 heteroatoms. The van der Waals surface area contributed by atoms with Crippen molar-refractivity contribution >= 4 is 0 Å². The number of hydrogen-bond acceptors (Lipinski definition) is 1. The molecule has 0 N–H and O–H groups in total. The Balaban J connectivity index is 2.73. The van der Waals surface area contributed by atoms with Gasteiger partial charge < -0.3 is 4.90 Å². The summed E-state index contributed by atoms with van der Waals surface area (Å²) in [5.74, 6) is 0. The van der Waals surface area contributed by atoms with Gasteiger partial charge in [-0.25, -0.2) is 0 Å². The van der Waals surface area contributed by atoms with Crippen molar-refractivity contribution in [2.45, 2.75) is 32.2 Å². The second-order valence-corrected chi connectivity index (χ2v) is 4.02. The van der Waals surface area contributed by atoms with Crippen LogP contribution in [-0.4, -0.2) is 18.0 Å². The summed E-state index contributed by atoms with van der Waals surface area (Å²) in [5, 5.41) is 0. The highest BCUT2D eigenvalue weighted by molar-refractivity contribution is 5.27. The Kier molecular flexibility index (Phi) is 4.41. The summed E-state index contributed by atoms with van der Waals surface area (Å²) in [4.78, 5) is 2.16. The summed E-state index contributed by atoms with van der Waals surface area (Å²) in [7, 11) is 2.06. The molecule has 1 atom stereocenters. The fourth-order valence-electron chi connectivity index (χ4n) is 1.72. The number of hydrogen-bond donors (Lipinski definition) is 0. The molecule has 0 fully saturated rings. The van der Waals surface area contributed by atoms with Crippen LogP contribution in [0.2, 0.25) is 0 Å². The van der Waals surface area contributed by atoms with Crippen molar-refractivity contribution in [1.29, 1.82) is 0 Å². The van der Waals surface area contributed by atoms with Crippen LogP contribution in [0.4, 0.5) is 0 Å². The SMILES string of the molecule is C=CC(=C)N(C)C(C)C1=CCCCC=C1. The van der Waals surface area contributed by atoms with E-state index in [9.17, 15) is 0 Å². The van der Waals surface area contributed by atoms with E-state index in [0.29, 0.717) is 6.04 Å². The molecule has 0 heterocycles. The lowest BCUT2D eigenvalue weighted by atomic mass is 10.1. The van der Waals surface area contributed by atoms with E-state index >= 15 is 0 Å². The van der Waals surface area contributed by atoms with Crippen molar-refractivity contribution in [3.63, 3.8) is 0 Å². The Morgan fingerprint density at radius 1 is 1.53 bits per heavy atom. The van der Waals surface area contributed by atoms with E-state index in [4.69, 9.17) is 0 Å². The highest BCUT2D eigenvalue weighted by Crippen LogP contribution is 2.19. The van der Waals surface area contributed by atoms with Crippen LogP contribution in [-0.2, 0) is 0 Å². The van der Waals surface area contributed by atoms with Gasteiger partial charge in [0.05, 0.1) is 6.04 Å². The second-order valence-electron chi connectivity index (χ2n) is 4.02. The normalized spacial score (nSPS) is 17.6. The lowest BCUT2D eigenvalue weighted by Crippen LogP contribution is -2.28. The number of nitrogens with zero attached hydrogens (tertiary/aromatic N) is 1. The number of rotatable bonds is 4. The maximum absolute atomic E-state index is 3.97. The molecule has 1 unspecified atom stereocenters. The van der Waals surface area contributed by atoms with Gasteiger partial charge in [-0.05, 0) is 37.8 Å². The predicted molar refractivity (Wildman–Crippen MR) is 67.6 cm³/mol. The molecular weight excluding hydrogens is 182 g/mol. The molecule has 1 aliphatic rings. The van der Waals surface area contributed by atoms with E-state index in [-0.39, 0.29) is 0 Å². The molecule has 0 saturated heterocycles. The fourth-order valence-corrected chi connectivity index (χ4v) is 1.72. The Morgan fingerprint density at radius 3 is 2.93 bits per heavy atom. The zero-order chi connectivity index (χ0) is 11.3. The van der Waals surface area contributed by atoms with E-state index < -0.39 is 0 Å². The third-order valence-electron chi connectivity index (χ3n) is 3.02. The molecule has 0 aromatic heterocycles. The molecule has 0 aromatic rings. The van der Waals surface area contributed by atoms with Crippen molar-refractivity contribution < 1.29 is 0 Å². The summed E-state index contributed by atoms with van der Waals surface area (Å²) in [5.41, 5.74) is 2.36.